The number of unbranched alkanes of at least 4 members (excludes halogenated alkanes) is 1. The molecule has 0 nitrogen and oxygen atoms in total. The van der Waals surface area contributed by atoms with Gasteiger partial charge in [0.05, 0.1) is 0 Å². The summed E-state index contributed by atoms with van der Waals surface area (Å²) in [6.45, 7) is 2.21. The van der Waals surface area contributed by atoms with Crippen LogP contribution in [0, 0.1) is 0 Å². The van der Waals surface area contributed by atoms with Gasteiger partial charge < -0.3 is 0 Å². The Morgan fingerprint density at radius 1 is 1.31 bits per heavy atom. The van der Waals surface area contributed by atoms with Gasteiger partial charge >= 0.3 is 0 Å². The molecule has 72 valence electrons. The third-order valence-corrected chi connectivity index (χ3v) is 2.89. The fourth-order valence-electron chi connectivity index (χ4n) is 1.32. The predicted octanol–water partition coefficient (Wildman–Crippen LogP) is 4.53. The molecular weight excluding hydrogens is 247 g/mol. The maximum Gasteiger partial charge on any atom is 0.0476 e. The van der Waals surface area contributed by atoms with Crippen LogP contribution in [0.25, 0.3) is 0 Å². The van der Waals surface area contributed by atoms with Crippen molar-refractivity contribution in [2.45, 2.75) is 32.1 Å². The second kappa shape index (κ2) is 5.66. The zero-order valence-corrected chi connectivity index (χ0v) is 10.2. The SMILES string of the molecule is CCCCc1cc(Br)ccc1CCl. The summed E-state index contributed by atoms with van der Waals surface area (Å²) in [6, 6.07) is 6.32. The van der Waals surface area contributed by atoms with Gasteiger partial charge in [0.2, 0.25) is 0 Å². The van der Waals surface area contributed by atoms with Crippen molar-refractivity contribution in [3.05, 3.63) is 33.8 Å². The molecule has 0 saturated carbocycles. The minimum Gasteiger partial charge on any atom is -0.122 e. The van der Waals surface area contributed by atoms with Crippen molar-refractivity contribution in [1.29, 1.82) is 0 Å². The molecule has 0 spiro atoms. The lowest BCUT2D eigenvalue weighted by molar-refractivity contribution is 0.790. The van der Waals surface area contributed by atoms with Crippen molar-refractivity contribution >= 4 is 27.5 Å². The van der Waals surface area contributed by atoms with E-state index in [0.717, 1.165) is 10.9 Å². The van der Waals surface area contributed by atoms with E-state index in [2.05, 4.69) is 35.0 Å². The van der Waals surface area contributed by atoms with Crippen LogP contribution in [-0.4, -0.2) is 0 Å². The Balaban J connectivity index is 2.81. The highest BCUT2D eigenvalue weighted by molar-refractivity contribution is 9.10. The Labute approximate surface area is 93.4 Å². The average molecular weight is 262 g/mol. The molecule has 0 aliphatic carbocycles. The summed E-state index contributed by atoms with van der Waals surface area (Å²) >= 11 is 9.32. The second-order valence-electron chi connectivity index (χ2n) is 3.15. The lowest BCUT2D eigenvalue weighted by Gasteiger charge is -2.06. The fourth-order valence-corrected chi connectivity index (χ4v) is 1.99. The molecule has 0 amide bonds. The van der Waals surface area contributed by atoms with Crippen molar-refractivity contribution in [3.63, 3.8) is 0 Å². The molecule has 0 bridgehead atoms. The van der Waals surface area contributed by atoms with E-state index in [1.165, 1.54) is 24.0 Å². The van der Waals surface area contributed by atoms with Gasteiger partial charge in [0.15, 0.2) is 0 Å². The van der Waals surface area contributed by atoms with E-state index in [1.807, 2.05) is 6.07 Å². The standard InChI is InChI=1S/C11H14BrCl/c1-2-3-4-9-7-11(12)6-5-10(9)8-13/h5-7H,2-4,8H2,1H3. The third-order valence-electron chi connectivity index (χ3n) is 2.11. The second-order valence-corrected chi connectivity index (χ2v) is 4.33. The van der Waals surface area contributed by atoms with Crippen LogP contribution in [0.2, 0.25) is 0 Å². The first kappa shape index (κ1) is 11.1. The molecule has 1 aromatic carbocycles. The number of alkyl halides is 1. The van der Waals surface area contributed by atoms with Crippen LogP contribution in [0.5, 0.6) is 0 Å². The summed E-state index contributed by atoms with van der Waals surface area (Å²) in [7, 11) is 0. The highest BCUT2D eigenvalue weighted by atomic mass is 79.9. The molecule has 0 saturated heterocycles. The smallest absolute Gasteiger partial charge is 0.0476 e. The molecule has 0 atom stereocenters. The maximum atomic E-state index is 5.85. The predicted molar refractivity (Wildman–Crippen MR) is 62.3 cm³/mol. The molecule has 1 rings (SSSR count). The van der Waals surface area contributed by atoms with Crippen molar-refractivity contribution in [2.24, 2.45) is 0 Å². The number of hydrogen-bond acceptors (Lipinski definition) is 0. The molecule has 0 aromatic heterocycles. The van der Waals surface area contributed by atoms with Gasteiger partial charge in [-0.25, -0.2) is 0 Å². The first-order chi connectivity index (χ1) is 6.27. The third kappa shape index (κ3) is 3.32. The Hall–Kier alpha value is -0.0100. The van der Waals surface area contributed by atoms with Crippen LogP contribution in [0.3, 0.4) is 0 Å². The minimum absolute atomic E-state index is 0.617. The van der Waals surface area contributed by atoms with Crippen molar-refractivity contribution in [2.75, 3.05) is 0 Å². The average Bonchev–Trinajstić information content (AvgIpc) is 2.15. The van der Waals surface area contributed by atoms with E-state index in [9.17, 15) is 0 Å². The summed E-state index contributed by atoms with van der Waals surface area (Å²) in [5.74, 6) is 0.617. The number of aryl methyl sites for hydroxylation is 1. The monoisotopic (exact) mass is 260 g/mol. The van der Waals surface area contributed by atoms with Gasteiger partial charge in [-0.2, -0.15) is 0 Å². The Morgan fingerprint density at radius 3 is 2.69 bits per heavy atom. The Morgan fingerprint density at radius 2 is 2.08 bits per heavy atom. The summed E-state index contributed by atoms with van der Waals surface area (Å²) in [5, 5.41) is 0. The molecule has 0 radical (unpaired) electrons. The van der Waals surface area contributed by atoms with Gasteiger partial charge in [-0.05, 0) is 36.1 Å². The zero-order chi connectivity index (χ0) is 9.68. The first-order valence-corrected chi connectivity index (χ1v) is 5.94. The van der Waals surface area contributed by atoms with Crippen LogP contribution in [0.4, 0.5) is 0 Å². The van der Waals surface area contributed by atoms with E-state index in [-0.39, 0.29) is 0 Å². The summed E-state index contributed by atoms with van der Waals surface area (Å²) in [4.78, 5) is 0. The van der Waals surface area contributed by atoms with Crippen LogP contribution >= 0.6 is 27.5 Å². The largest absolute Gasteiger partial charge is 0.122 e. The molecular formula is C11H14BrCl. The van der Waals surface area contributed by atoms with Gasteiger partial charge in [0.25, 0.3) is 0 Å². The number of rotatable bonds is 4. The Bertz CT molecular complexity index is 271. The quantitative estimate of drug-likeness (QED) is 0.699. The molecule has 0 N–H and O–H groups in total. The van der Waals surface area contributed by atoms with Crippen molar-refractivity contribution in [1.82, 2.24) is 0 Å². The highest BCUT2D eigenvalue weighted by Gasteiger charge is 2.01. The lowest BCUT2D eigenvalue weighted by Crippen LogP contribution is -1.91. The topological polar surface area (TPSA) is 0 Å². The normalized spacial score (nSPS) is 10.4. The number of benzene rings is 1. The lowest BCUT2D eigenvalue weighted by atomic mass is 10.0. The molecule has 0 heterocycles. The Kier molecular flexibility index (Phi) is 4.82. The van der Waals surface area contributed by atoms with E-state index >= 15 is 0 Å². The molecule has 1 aromatic rings. The molecule has 13 heavy (non-hydrogen) atoms. The van der Waals surface area contributed by atoms with Crippen LogP contribution < -0.4 is 0 Å². The summed E-state index contributed by atoms with van der Waals surface area (Å²) in [5.41, 5.74) is 2.64. The van der Waals surface area contributed by atoms with Crippen molar-refractivity contribution < 1.29 is 0 Å². The molecule has 0 fully saturated rings. The fraction of sp³-hybridized carbons (Fsp3) is 0.455. The highest BCUT2D eigenvalue weighted by Crippen LogP contribution is 2.20. The molecule has 0 unspecified atom stereocenters. The molecule has 0 aliphatic rings. The van der Waals surface area contributed by atoms with Crippen LogP contribution in [-0.2, 0) is 12.3 Å². The van der Waals surface area contributed by atoms with Gasteiger partial charge in [-0.1, -0.05) is 35.3 Å². The van der Waals surface area contributed by atoms with Crippen molar-refractivity contribution in [3.8, 4) is 0 Å². The summed E-state index contributed by atoms with van der Waals surface area (Å²) in [6.07, 6.45) is 3.60. The van der Waals surface area contributed by atoms with Crippen LogP contribution in [0.1, 0.15) is 30.9 Å². The minimum atomic E-state index is 0.617. The zero-order valence-electron chi connectivity index (χ0n) is 7.82. The van der Waals surface area contributed by atoms with E-state index in [0.29, 0.717) is 5.88 Å². The number of hydrogen-bond donors (Lipinski definition) is 0. The van der Waals surface area contributed by atoms with Crippen LogP contribution in [0.15, 0.2) is 22.7 Å². The van der Waals surface area contributed by atoms with E-state index in [4.69, 9.17) is 11.6 Å². The van der Waals surface area contributed by atoms with E-state index < -0.39 is 0 Å². The first-order valence-electron chi connectivity index (χ1n) is 4.61. The van der Waals surface area contributed by atoms with Gasteiger partial charge in [-0.15, -0.1) is 11.6 Å². The molecule has 0 aliphatic heterocycles. The van der Waals surface area contributed by atoms with Gasteiger partial charge in [0, 0.05) is 10.4 Å². The van der Waals surface area contributed by atoms with E-state index in [1.54, 1.807) is 0 Å². The molecule has 2 heteroatoms. The van der Waals surface area contributed by atoms with Gasteiger partial charge in [0.1, 0.15) is 0 Å². The summed E-state index contributed by atoms with van der Waals surface area (Å²) < 4.78 is 1.15. The maximum absolute atomic E-state index is 5.85. The van der Waals surface area contributed by atoms with Gasteiger partial charge in [-0.3, -0.25) is 0 Å². The number of halogens is 2.